The predicted molar refractivity (Wildman–Crippen MR) is 38.7 cm³/mol. The van der Waals surface area contributed by atoms with E-state index in [1.165, 1.54) is 6.92 Å². The first-order chi connectivity index (χ1) is 5.48. The lowest BCUT2D eigenvalue weighted by Gasteiger charge is -2.09. The molecule has 0 radical (unpaired) electrons. The molecule has 0 heterocycles. The molecule has 2 N–H and O–H groups in total. The lowest BCUT2D eigenvalue weighted by molar-refractivity contribution is -0.586. The van der Waals surface area contributed by atoms with Crippen LogP contribution in [0.1, 0.15) is 19.8 Å². The average molecular weight is 174 g/mol. The second-order valence-corrected chi connectivity index (χ2v) is 2.91. The molecule has 6 nitrogen and oxygen atoms in total. The maximum atomic E-state index is 10.9. The van der Waals surface area contributed by atoms with Crippen LogP contribution in [-0.2, 0) is 9.53 Å². The summed E-state index contributed by atoms with van der Waals surface area (Å²) in [6.45, 7) is 1.43. The van der Waals surface area contributed by atoms with Crippen molar-refractivity contribution in [1.29, 1.82) is 0 Å². The van der Waals surface area contributed by atoms with E-state index >= 15 is 0 Å². The van der Waals surface area contributed by atoms with Crippen LogP contribution in [0.3, 0.4) is 0 Å². The summed E-state index contributed by atoms with van der Waals surface area (Å²) < 4.78 is 4.61. The van der Waals surface area contributed by atoms with Crippen LogP contribution < -0.4 is 5.73 Å². The van der Waals surface area contributed by atoms with Crippen molar-refractivity contribution in [1.82, 2.24) is 0 Å². The first-order valence-electron chi connectivity index (χ1n) is 3.61. The Morgan fingerprint density at radius 3 is 2.50 bits per heavy atom. The highest BCUT2D eigenvalue weighted by Gasteiger charge is 2.60. The van der Waals surface area contributed by atoms with E-state index in [2.05, 4.69) is 4.74 Å². The van der Waals surface area contributed by atoms with Gasteiger partial charge in [0, 0.05) is 0 Å². The van der Waals surface area contributed by atoms with Crippen molar-refractivity contribution < 1.29 is 14.5 Å². The van der Waals surface area contributed by atoms with E-state index in [4.69, 9.17) is 5.73 Å². The Balaban J connectivity index is 2.51. The van der Waals surface area contributed by atoms with Gasteiger partial charge >= 0.3 is 11.7 Å². The molecule has 0 aliphatic heterocycles. The molecule has 0 amide bonds. The molecule has 0 aromatic carbocycles. The first kappa shape index (κ1) is 8.92. The number of carbonyl (C=O) groups is 1. The smallest absolute Gasteiger partial charge is 0.365 e. The van der Waals surface area contributed by atoms with Gasteiger partial charge in [-0.25, -0.2) is 0 Å². The molecule has 12 heavy (non-hydrogen) atoms. The van der Waals surface area contributed by atoms with Gasteiger partial charge in [0.05, 0.1) is 17.8 Å². The van der Waals surface area contributed by atoms with Gasteiger partial charge < -0.3 is 10.5 Å². The quantitative estimate of drug-likeness (QED) is 0.273. The van der Waals surface area contributed by atoms with Gasteiger partial charge in [0.2, 0.25) is 0 Å². The van der Waals surface area contributed by atoms with Crippen molar-refractivity contribution in [2.24, 2.45) is 5.73 Å². The average Bonchev–Trinajstić information content (AvgIpc) is 2.68. The Kier molecular flexibility index (Phi) is 2.01. The molecule has 68 valence electrons. The molecule has 0 aromatic rings. The Bertz CT molecular complexity index is 222. The zero-order chi connectivity index (χ0) is 9.35. The summed E-state index contributed by atoms with van der Waals surface area (Å²) in [5, 5.41) is 10.3. The van der Waals surface area contributed by atoms with Crippen LogP contribution in [0.25, 0.3) is 0 Å². The van der Waals surface area contributed by atoms with Gasteiger partial charge in [0.1, 0.15) is 6.04 Å². The summed E-state index contributed by atoms with van der Waals surface area (Å²) in [5.74, 6) is -0.718. The van der Waals surface area contributed by atoms with Gasteiger partial charge in [-0.05, 0) is 6.92 Å². The SMILES string of the molecule is C[C@H](N)C(=O)OC1([N+](=O)[O-])CC1. The molecule has 1 saturated carbocycles. The van der Waals surface area contributed by atoms with Crippen LogP contribution in [0.4, 0.5) is 0 Å². The van der Waals surface area contributed by atoms with Crippen LogP contribution >= 0.6 is 0 Å². The summed E-state index contributed by atoms with van der Waals surface area (Å²) in [6.07, 6.45) is 0.580. The van der Waals surface area contributed by atoms with E-state index in [1.54, 1.807) is 0 Å². The molecule has 6 heteroatoms. The largest absolute Gasteiger partial charge is 0.394 e. The van der Waals surface area contributed by atoms with E-state index in [1.807, 2.05) is 0 Å². The zero-order valence-corrected chi connectivity index (χ0v) is 6.65. The van der Waals surface area contributed by atoms with Gasteiger partial charge in [-0.1, -0.05) is 0 Å². The number of nitrogens with zero attached hydrogens (tertiary/aromatic N) is 1. The van der Waals surface area contributed by atoms with E-state index in [0.29, 0.717) is 12.8 Å². The van der Waals surface area contributed by atoms with Crippen molar-refractivity contribution in [2.75, 3.05) is 0 Å². The highest BCUT2D eigenvalue weighted by Crippen LogP contribution is 2.39. The van der Waals surface area contributed by atoms with Gasteiger partial charge in [-0.3, -0.25) is 14.9 Å². The number of carbonyl (C=O) groups excluding carboxylic acids is 1. The van der Waals surface area contributed by atoms with Crippen LogP contribution in [0, 0.1) is 10.1 Å². The van der Waals surface area contributed by atoms with Crippen molar-refractivity contribution >= 4 is 5.97 Å². The highest BCUT2D eigenvalue weighted by molar-refractivity contribution is 5.75. The Morgan fingerprint density at radius 2 is 2.25 bits per heavy atom. The van der Waals surface area contributed by atoms with E-state index in [0.717, 1.165) is 0 Å². The van der Waals surface area contributed by atoms with E-state index < -0.39 is 22.7 Å². The molecule has 0 saturated heterocycles. The van der Waals surface area contributed by atoms with Crippen LogP contribution in [0.15, 0.2) is 0 Å². The fourth-order valence-electron chi connectivity index (χ4n) is 0.709. The van der Waals surface area contributed by atoms with E-state index in [9.17, 15) is 14.9 Å². The number of nitro groups is 1. The monoisotopic (exact) mass is 174 g/mol. The van der Waals surface area contributed by atoms with Gasteiger partial charge in [0.25, 0.3) is 0 Å². The highest BCUT2D eigenvalue weighted by atomic mass is 16.7. The third-order valence-electron chi connectivity index (χ3n) is 1.67. The summed E-state index contributed by atoms with van der Waals surface area (Å²) in [7, 11) is 0. The lowest BCUT2D eigenvalue weighted by atomic mass is 10.4. The van der Waals surface area contributed by atoms with Crippen molar-refractivity contribution in [3.8, 4) is 0 Å². The molecule has 0 aromatic heterocycles. The number of nitrogens with two attached hydrogens (primary N) is 1. The molecular weight excluding hydrogens is 164 g/mol. The summed E-state index contributed by atoms with van der Waals surface area (Å²) in [5.41, 5.74) is 3.72. The summed E-state index contributed by atoms with van der Waals surface area (Å²) >= 11 is 0. The van der Waals surface area contributed by atoms with Crippen LogP contribution in [0.2, 0.25) is 0 Å². The number of ether oxygens (including phenoxy) is 1. The Labute approximate surface area is 68.8 Å². The fraction of sp³-hybridized carbons (Fsp3) is 0.833. The minimum absolute atomic E-state index is 0.290. The van der Waals surface area contributed by atoms with Gasteiger partial charge in [-0.2, -0.15) is 0 Å². The minimum Gasteiger partial charge on any atom is -0.394 e. The maximum absolute atomic E-state index is 10.9. The van der Waals surface area contributed by atoms with Crippen LogP contribution in [0.5, 0.6) is 0 Å². The lowest BCUT2D eigenvalue weighted by Crippen LogP contribution is -2.36. The third-order valence-corrected chi connectivity index (χ3v) is 1.67. The number of hydrogen-bond donors (Lipinski definition) is 1. The molecule has 0 unspecified atom stereocenters. The molecule has 1 aliphatic carbocycles. The summed E-state index contributed by atoms with van der Waals surface area (Å²) in [4.78, 5) is 20.6. The number of esters is 1. The van der Waals surface area contributed by atoms with Crippen molar-refractivity contribution in [3.05, 3.63) is 10.1 Å². The minimum atomic E-state index is -1.45. The second-order valence-electron chi connectivity index (χ2n) is 2.91. The van der Waals surface area contributed by atoms with Crippen molar-refractivity contribution in [3.63, 3.8) is 0 Å². The molecule has 0 spiro atoms. The number of hydrogen-bond acceptors (Lipinski definition) is 5. The second kappa shape index (κ2) is 2.71. The van der Waals surface area contributed by atoms with Crippen molar-refractivity contribution in [2.45, 2.75) is 31.5 Å². The maximum Gasteiger partial charge on any atom is 0.365 e. The van der Waals surface area contributed by atoms with Gasteiger partial charge in [0.15, 0.2) is 0 Å². The summed E-state index contributed by atoms with van der Waals surface area (Å²) in [6, 6.07) is -0.803. The third kappa shape index (κ3) is 1.53. The predicted octanol–water partition coefficient (Wildman–Crippen LogP) is -0.356. The fourth-order valence-corrected chi connectivity index (χ4v) is 0.709. The number of rotatable bonds is 3. The molecule has 1 rings (SSSR count). The molecule has 1 aliphatic rings. The first-order valence-corrected chi connectivity index (χ1v) is 3.61. The zero-order valence-electron chi connectivity index (χ0n) is 6.65. The topological polar surface area (TPSA) is 95.5 Å². The normalized spacial score (nSPS) is 21.2. The Hall–Kier alpha value is -1.17. The molecule has 1 atom stereocenters. The molecule has 1 fully saturated rings. The van der Waals surface area contributed by atoms with Gasteiger partial charge in [-0.15, -0.1) is 0 Å². The Morgan fingerprint density at radius 1 is 1.75 bits per heavy atom. The molecular formula is C6H10N2O4. The van der Waals surface area contributed by atoms with Crippen LogP contribution in [-0.4, -0.2) is 22.7 Å². The molecule has 0 bridgehead atoms. The van der Waals surface area contributed by atoms with E-state index in [-0.39, 0.29) is 0 Å². The standard InChI is InChI=1S/C6H10N2O4/c1-4(7)5(9)12-6(2-3-6)8(10)11/h4H,2-3,7H2,1H3/t4-/m0/s1.